The molecule has 0 aromatic heterocycles. The lowest BCUT2D eigenvalue weighted by Crippen LogP contribution is -2.25. The van der Waals surface area contributed by atoms with E-state index in [-0.39, 0.29) is 5.91 Å². The summed E-state index contributed by atoms with van der Waals surface area (Å²) >= 11 is 12.2. The predicted octanol–water partition coefficient (Wildman–Crippen LogP) is 4.68. The molecule has 0 bridgehead atoms. The second kappa shape index (κ2) is 9.55. The van der Waals surface area contributed by atoms with Crippen LogP contribution in [0.5, 0.6) is 5.75 Å². The van der Waals surface area contributed by atoms with Gasteiger partial charge in [-0.15, -0.1) is 0 Å². The Bertz CT molecular complexity index is 669. The summed E-state index contributed by atoms with van der Waals surface area (Å²) in [5.41, 5.74) is 1.97. The number of hydrogen-bond acceptors (Lipinski definition) is 2. The Morgan fingerprint density at radius 3 is 2.46 bits per heavy atom. The first kappa shape index (κ1) is 18.6. The van der Waals surface area contributed by atoms with Crippen LogP contribution in [0.2, 0.25) is 10.0 Å². The van der Waals surface area contributed by atoms with Crippen molar-refractivity contribution in [2.45, 2.75) is 25.7 Å². The van der Waals surface area contributed by atoms with E-state index in [0.29, 0.717) is 29.4 Å². The smallest absolute Gasteiger partial charge is 0.220 e. The van der Waals surface area contributed by atoms with Crippen molar-refractivity contribution in [3.05, 3.63) is 63.6 Å². The van der Waals surface area contributed by atoms with Crippen molar-refractivity contribution in [1.29, 1.82) is 0 Å². The molecule has 0 saturated heterocycles. The van der Waals surface area contributed by atoms with Crippen LogP contribution in [-0.2, 0) is 17.6 Å². The summed E-state index contributed by atoms with van der Waals surface area (Å²) < 4.78 is 5.32. The van der Waals surface area contributed by atoms with Gasteiger partial charge in [0, 0.05) is 23.0 Å². The average Bonchev–Trinajstić information content (AvgIpc) is 2.58. The zero-order chi connectivity index (χ0) is 17.4. The molecule has 0 unspecified atom stereocenters. The van der Waals surface area contributed by atoms with Crippen molar-refractivity contribution in [2.75, 3.05) is 13.7 Å². The Labute approximate surface area is 152 Å². The van der Waals surface area contributed by atoms with Crippen LogP contribution in [0.3, 0.4) is 0 Å². The van der Waals surface area contributed by atoms with Crippen molar-refractivity contribution in [1.82, 2.24) is 5.32 Å². The fraction of sp³-hybridized carbons (Fsp3) is 0.316. The minimum Gasteiger partial charge on any atom is -0.496 e. The average molecular weight is 366 g/mol. The lowest BCUT2D eigenvalue weighted by atomic mass is 10.1. The van der Waals surface area contributed by atoms with E-state index in [1.807, 2.05) is 24.3 Å². The van der Waals surface area contributed by atoms with E-state index in [4.69, 9.17) is 27.9 Å². The number of benzene rings is 2. The lowest BCUT2D eigenvalue weighted by molar-refractivity contribution is -0.121. The molecule has 0 atom stereocenters. The van der Waals surface area contributed by atoms with Crippen LogP contribution in [0.15, 0.2) is 42.5 Å². The van der Waals surface area contributed by atoms with Crippen molar-refractivity contribution in [2.24, 2.45) is 0 Å². The summed E-state index contributed by atoms with van der Waals surface area (Å²) in [6.45, 7) is 0.632. The number of carbonyl (C=O) groups is 1. The number of hydrogen-bond donors (Lipinski definition) is 1. The summed E-state index contributed by atoms with van der Waals surface area (Å²) in [4.78, 5) is 12.0. The summed E-state index contributed by atoms with van der Waals surface area (Å²) in [6.07, 6.45) is 2.63. The molecule has 0 fully saturated rings. The topological polar surface area (TPSA) is 38.3 Å². The molecule has 128 valence electrons. The third-order valence-corrected chi connectivity index (χ3v) is 4.51. The van der Waals surface area contributed by atoms with Gasteiger partial charge < -0.3 is 10.1 Å². The van der Waals surface area contributed by atoms with Gasteiger partial charge in [0.15, 0.2) is 0 Å². The maximum atomic E-state index is 12.0. The number of methoxy groups -OCH3 is 1. The first-order valence-corrected chi connectivity index (χ1v) is 8.69. The maximum absolute atomic E-state index is 12.0. The van der Waals surface area contributed by atoms with Gasteiger partial charge in [-0.25, -0.2) is 0 Å². The fourth-order valence-electron chi connectivity index (χ4n) is 2.51. The van der Waals surface area contributed by atoms with Gasteiger partial charge in [-0.2, -0.15) is 0 Å². The van der Waals surface area contributed by atoms with Gasteiger partial charge in [0.25, 0.3) is 0 Å². The van der Waals surface area contributed by atoms with Crippen LogP contribution in [0.1, 0.15) is 24.0 Å². The Balaban J connectivity index is 1.72. The molecule has 24 heavy (non-hydrogen) atoms. The Morgan fingerprint density at radius 2 is 1.75 bits per heavy atom. The molecule has 1 N–H and O–H groups in total. The first-order chi connectivity index (χ1) is 11.6. The van der Waals surface area contributed by atoms with Gasteiger partial charge in [0.2, 0.25) is 5.91 Å². The molecule has 3 nitrogen and oxygen atoms in total. The van der Waals surface area contributed by atoms with E-state index in [0.717, 1.165) is 29.7 Å². The molecule has 0 radical (unpaired) electrons. The van der Waals surface area contributed by atoms with E-state index >= 15 is 0 Å². The molecule has 0 heterocycles. The molecular formula is C19H21Cl2NO2. The van der Waals surface area contributed by atoms with Gasteiger partial charge in [-0.05, 0) is 48.6 Å². The Kier molecular flexibility index (Phi) is 7.41. The second-order valence-electron chi connectivity index (χ2n) is 5.47. The highest BCUT2D eigenvalue weighted by atomic mass is 35.5. The molecule has 0 saturated carbocycles. The third-order valence-electron chi connectivity index (χ3n) is 3.80. The maximum Gasteiger partial charge on any atom is 0.220 e. The zero-order valence-electron chi connectivity index (χ0n) is 13.6. The summed E-state index contributed by atoms with van der Waals surface area (Å²) in [7, 11) is 1.67. The van der Waals surface area contributed by atoms with Crippen LogP contribution < -0.4 is 10.1 Å². The Morgan fingerprint density at radius 1 is 1.04 bits per heavy atom. The standard InChI is InChI=1S/C19H21Cl2NO2/c1-24-18-10-3-2-6-14(18)7-5-13-22-19(23)12-11-15-16(20)8-4-9-17(15)21/h2-4,6,8-10H,5,7,11-13H2,1H3,(H,22,23). The van der Waals surface area contributed by atoms with Crippen LogP contribution in [-0.4, -0.2) is 19.6 Å². The van der Waals surface area contributed by atoms with Gasteiger partial charge in [0.05, 0.1) is 7.11 Å². The molecule has 1 amide bonds. The molecule has 0 aliphatic rings. The monoisotopic (exact) mass is 365 g/mol. The number of aryl methyl sites for hydroxylation is 1. The van der Waals surface area contributed by atoms with Crippen LogP contribution >= 0.6 is 23.2 Å². The van der Waals surface area contributed by atoms with Crippen molar-refractivity contribution < 1.29 is 9.53 Å². The highest BCUT2D eigenvalue weighted by molar-refractivity contribution is 6.36. The van der Waals surface area contributed by atoms with E-state index in [1.54, 1.807) is 25.3 Å². The SMILES string of the molecule is COc1ccccc1CCCNC(=O)CCc1c(Cl)cccc1Cl. The van der Waals surface area contributed by atoms with Gasteiger partial charge in [0.1, 0.15) is 5.75 Å². The van der Waals surface area contributed by atoms with Crippen LogP contribution in [0.25, 0.3) is 0 Å². The number of nitrogens with one attached hydrogen (secondary N) is 1. The minimum atomic E-state index is 0.00557. The molecule has 2 rings (SSSR count). The van der Waals surface area contributed by atoms with E-state index in [1.165, 1.54) is 0 Å². The number of amides is 1. The highest BCUT2D eigenvalue weighted by Gasteiger charge is 2.08. The molecule has 0 aliphatic carbocycles. The molecule has 2 aromatic carbocycles. The molecule has 5 heteroatoms. The number of carbonyl (C=O) groups excluding carboxylic acids is 1. The fourth-order valence-corrected chi connectivity index (χ4v) is 3.10. The molecule has 0 spiro atoms. The van der Waals surface area contributed by atoms with E-state index in [9.17, 15) is 4.79 Å². The normalized spacial score (nSPS) is 10.5. The van der Waals surface area contributed by atoms with Crippen LogP contribution in [0, 0.1) is 0 Å². The minimum absolute atomic E-state index is 0.00557. The zero-order valence-corrected chi connectivity index (χ0v) is 15.2. The summed E-state index contributed by atoms with van der Waals surface area (Å²) in [6, 6.07) is 13.3. The molecule has 2 aromatic rings. The first-order valence-electron chi connectivity index (χ1n) is 7.93. The number of para-hydroxylation sites is 1. The highest BCUT2D eigenvalue weighted by Crippen LogP contribution is 2.25. The van der Waals surface area contributed by atoms with E-state index in [2.05, 4.69) is 5.32 Å². The van der Waals surface area contributed by atoms with Gasteiger partial charge in [-0.3, -0.25) is 4.79 Å². The largest absolute Gasteiger partial charge is 0.496 e. The van der Waals surface area contributed by atoms with Crippen LogP contribution in [0.4, 0.5) is 0 Å². The summed E-state index contributed by atoms with van der Waals surface area (Å²) in [5.74, 6) is 0.892. The second-order valence-corrected chi connectivity index (χ2v) is 6.28. The quantitative estimate of drug-likeness (QED) is 0.689. The summed E-state index contributed by atoms with van der Waals surface area (Å²) in [5, 5.41) is 4.14. The van der Waals surface area contributed by atoms with Crippen molar-refractivity contribution in [3.63, 3.8) is 0 Å². The van der Waals surface area contributed by atoms with Gasteiger partial charge >= 0.3 is 0 Å². The van der Waals surface area contributed by atoms with Crippen molar-refractivity contribution >= 4 is 29.1 Å². The number of ether oxygens (including phenoxy) is 1. The number of rotatable bonds is 8. The molecule has 0 aliphatic heterocycles. The molecular weight excluding hydrogens is 345 g/mol. The van der Waals surface area contributed by atoms with E-state index < -0.39 is 0 Å². The third kappa shape index (κ3) is 5.43. The predicted molar refractivity (Wildman–Crippen MR) is 99.1 cm³/mol. The number of halogens is 2. The lowest BCUT2D eigenvalue weighted by Gasteiger charge is -2.09. The van der Waals surface area contributed by atoms with Gasteiger partial charge in [-0.1, -0.05) is 47.5 Å². The van der Waals surface area contributed by atoms with Crippen molar-refractivity contribution in [3.8, 4) is 5.75 Å². The Hall–Kier alpha value is -1.71.